The molecular weight excluding hydrogens is 436 g/mol. The highest BCUT2D eigenvalue weighted by Crippen LogP contribution is 2.30. The van der Waals surface area contributed by atoms with Crippen LogP contribution < -0.4 is 0 Å². The topological polar surface area (TPSA) is 89.5 Å². The van der Waals surface area contributed by atoms with Crippen molar-refractivity contribution in [3.8, 4) is 11.3 Å². The van der Waals surface area contributed by atoms with Crippen LogP contribution in [0.15, 0.2) is 71.9 Å². The van der Waals surface area contributed by atoms with Gasteiger partial charge in [-0.05, 0) is 51.5 Å². The highest BCUT2D eigenvalue weighted by Gasteiger charge is 2.23. The molecule has 0 amide bonds. The van der Waals surface area contributed by atoms with E-state index < -0.39 is 15.6 Å². The SMILES string of the molecule is Cc1ccc(S(=O)(=O)n2ccc3c2ncc2c(-c4ccc(C(C)(C)O)cc4)nc(C)n23)cc1. The fraction of sp³-hybridized carbons (Fsp3) is 0.200. The molecule has 1 N–H and O–H groups in total. The van der Waals surface area contributed by atoms with E-state index in [4.69, 9.17) is 4.98 Å². The Morgan fingerprint density at radius 2 is 1.58 bits per heavy atom. The number of imidazole rings is 1. The highest BCUT2D eigenvalue weighted by atomic mass is 32.2. The van der Waals surface area contributed by atoms with Crippen molar-refractivity contribution in [1.82, 2.24) is 18.3 Å². The largest absolute Gasteiger partial charge is 0.386 e. The van der Waals surface area contributed by atoms with Crippen molar-refractivity contribution in [3.63, 3.8) is 0 Å². The quantitative estimate of drug-likeness (QED) is 0.428. The molecule has 0 radical (unpaired) electrons. The average molecular weight is 461 g/mol. The molecule has 5 rings (SSSR count). The van der Waals surface area contributed by atoms with Gasteiger partial charge in [0.25, 0.3) is 10.0 Å². The molecule has 0 atom stereocenters. The molecule has 0 aliphatic heterocycles. The maximum atomic E-state index is 13.3. The molecule has 33 heavy (non-hydrogen) atoms. The van der Waals surface area contributed by atoms with Gasteiger partial charge >= 0.3 is 0 Å². The number of hydrogen-bond donors (Lipinski definition) is 1. The van der Waals surface area contributed by atoms with E-state index in [1.807, 2.05) is 42.5 Å². The van der Waals surface area contributed by atoms with Crippen LogP contribution in [0.2, 0.25) is 0 Å². The maximum Gasteiger partial charge on any atom is 0.269 e. The summed E-state index contributed by atoms with van der Waals surface area (Å²) >= 11 is 0. The Hall–Kier alpha value is -3.49. The first kappa shape index (κ1) is 21.4. The predicted molar refractivity (Wildman–Crippen MR) is 128 cm³/mol. The summed E-state index contributed by atoms with van der Waals surface area (Å²) in [5.74, 6) is 0.726. The Bertz CT molecular complexity index is 1610. The summed E-state index contributed by atoms with van der Waals surface area (Å²) < 4.78 is 29.6. The van der Waals surface area contributed by atoms with Gasteiger partial charge in [0.1, 0.15) is 5.82 Å². The highest BCUT2D eigenvalue weighted by molar-refractivity contribution is 7.90. The summed E-state index contributed by atoms with van der Waals surface area (Å²) in [5, 5.41) is 10.2. The molecule has 0 aliphatic rings. The normalized spacial score (nSPS) is 12.6. The molecule has 0 unspecified atom stereocenters. The van der Waals surface area contributed by atoms with E-state index >= 15 is 0 Å². The first-order valence-electron chi connectivity index (χ1n) is 10.6. The lowest BCUT2D eigenvalue weighted by Crippen LogP contribution is -2.14. The lowest BCUT2D eigenvalue weighted by Gasteiger charge is -2.17. The average Bonchev–Trinajstić information content (AvgIpc) is 3.35. The molecule has 0 saturated carbocycles. The summed E-state index contributed by atoms with van der Waals surface area (Å²) in [5.41, 5.74) is 4.29. The number of aromatic nitrogens is 4. The molecule has 0 spiro atoms. The van der Waals surface area contributed by atoms with E-state index in [1.54, 1.807) is 50.4 Å². The number of rotatable bonds is 4. The fourth-order valence-electron chi connectivity index (χ4n) is 4.05. The van der Waals surface area contributed by atoms with Crippen LogP contribution in [0.4, 0.5) is 0 Å². The minimum Gasteiger partial charge on any atom is -0.386 e. The lowest BCUT2D eigenvalue weighted by atomic mass is 9.97. The number of nitrogens with zero attached hydrogens (tertiary/aromatic N) is 4. The zero-order chi connectivity index (χ0) is 23.5. The maximum absolute atomic E-state index is 13.3. The summed E-state index contributed by atoms with van der Waals surface area (Å²) in [7, 11) is -3.79. The van der Waals surface area contributed by atoms with Gasteiger partial charge in [-0.25, -0.2) is 22.4 Å². The molecule has 5 aromatic rings. The second-order valence-electron chi connectivity index (χ2n) is 8.76. The van der Waals surface area contributed by atoms with Gasteiger partial charge in [0.05, 0.1) is 33.4 Å². The molecular formula is C25H24N4O3S. The van der Waals surface area contributed by atoms with E-state index in [-0.39, 0.29) is 4.90 Å². The van der Waals surface area contributed by atoms with Crippen LogP contribution in [0.5, 0.6) is 0 Å². The molecule has 0 fully saturated rings. The van der Waals surface area contributed by atoms with Gasteiger partial charge in [0, 0.05) is 11.8 Å². The van der Waals surface area contributed by atoms with Gasteiger partial charge < -0.3 is 5.11 Å². The van der Waals surface area contributed by atoms with E-state index in [9.17, 15) is 13.5 Å². The second kappa shape index (κ2) is 7.26. The van der Waals surface area contributed by atoms with E-state index in [0.29, 0.717) is 11.2 Å². The Balaban J connectivity index is 1.66. The van der Waals surface area contributed by atoms with Gasteiger partial charge in [0.2, 0.25) is 0 Å². The van der Waals surface area contributed by atoms with Crippen molar-refractivity contribution in [3.05, 3.63) is 83.9 Å². The van der Waals surface area contributed by atoms with Crippen molar-refractivity contribution in [1.29, 1.82) is 0 Å². The fourth-order valence-corrected chi connectivity index (χ4v) is 5.35. The summed E-state index contributed by atoms with van der Waals surface area (Å²) in [6, 6.07) is 16.1. The van der Waals surface area contributed by atoms with Crippen molar-refractivity contribution >= 4 is 26.7 Å². The molecule has 8 heteroatoms. The smallest absolute Gasteiger partial charge is 0.269 e. The first-order valence-corrected chi connectivity index (χ1v) is 12.0. The third-order valence-electron chi connectivity index (χ3n) is 5.88. The first-order chi connectivity index (χ1) is 15.6. The molecule has 3 heterocycles. The Labute approximate surface area is 192 Å². The standard InChI is InChI=1S/C25H24N4O3S/c1-16-5-11-20(12-6-16)33(31,32)28-14-13-21-24(28)26-15-22-23(27-17(2)29(21)22)18-7-9-19(10-8-18)25(3,4)30/h5-15,30H,1-4H3. The number of aliphatic hydroxyl groups is 1. The molecule has 0 saturated heterocycles. The summed E-state index contributed by atoms with van der Waals surface area (Å²) in [6.07, 6.45) is 3.19. The second-order valence-corrected chi connectivity index (χ2v) is 10.6. The minimum absolute atomic E-state index is 0.211. The van der Waals surface area contributed by atoms with Gasteiger partial charge in [-0.2, -0.15) is 0 Å². The Kier molecular flexibility index (Phi) is 4.70. The van der Waals surface area contributed by atoms with Gasteiger partial charge in [0.15, 0.2) is 5.65 Å². The van der Waals surface area contributed by atoms with Crippen LogP contribution in [0.25, 0.3) is 27.9 Å². The Morgan fingerprint density at radius 1 is 0.909 bits per heavy atom. The zero-order valence-electron chi connectivity index (χ0n) is 18.8. The third kappa shape index (κ3) is 3.42. The third-order valence-corrected chi connectivity index (χ3v) is 7.56. The molecule has 3 aromatic heterocycles. The van der Waals surface area contributed by atoms with Gasteiger partial charge in [-0.15, -0.1) is 0 Å². The predicted octanol–water partition coefficient (Wildman–Crippen LogP) is 4.43. The number of hydrogen-bond acceptors (Lipinski definition) is 5. The monoisotopic (exact) mass is 460 g/mol. The molecule has 0 bridgehead atoms. The van der Waals surface area contributed by atoms with Crippen molar-refractivity contribution in [2.75, 3.05) is 0 Å². The van der Waals surface area contributed by atoms with E-state index in [0.717, 1.165) is 33.7 Å². The summed E-state index contributed by atoms with van der Waals surface area (Å²) in [4.78, 5) is 9.47. The summed E-state index contributed by atoms with van der Waals surface area (Å²) in [6.45, 7) is 7.28. The van der Waals surface area contributed by atoms with Crippen LogP contribution in [0.1, 0.15) is 30.8 Å². The lowest BCUT2D eigenvalue weighted by molar-refractivity contribution is 0.0786. The zero-order valence-corrected chi connectivity index (χ0v) is 19.6. The van der Waals surface area contributed by atoms with Crippen LogP contribution in [0.3, 0.4) is 0 Å². The van der Waals surface area contributed by atoms with Crippen LogP contribution in [0, 0.1) is 13.8 Å². The number of fused-ring (bicyclic) bond motifs is 3. The van der Waals surface area contributed by atoms with Crippen LogP contribution >= 0.6 is 0 Å². The Morgan fingerprint density at radius 3 is 2.21 bits per heavy atom. The minimum atomic E-state index is -3.79. The number of aryl methyl sites for hydroxylation is 2. The van der Waals surface area contributed by atoms with Crippen molar-refractivity contribution in [2.45, 2.75) is 38.2 Å². The van der Waals surface area contributed by atoms with Crippen molar-refractivity contribution in [2.24, 2.45) is 0 Å². The molecule has 168 valence electrons. The van der Waals surface area contributed by atoms with Gasteiger partial charge in [-0.1, -0.05) is 42.0 Å². The van der Waals surface area contributed by atoms with Crippen molar-refractivity contribution < 1.29 is 13.5 Å². The molecule has 0 aliphatic carbocycles. The van der Waals surface area contributed by atoms with Gasteiger partial charge in [-0.3, -0.25) is 4.40 Å². The van der Waals surface area contributed by atoms with E-state index in [2.05, 4.69) is 4.98 Å². The van der Waals surface area contributed by atoms with Crippen LogP contribution in [-0.2, 0) is 15.6 Å². The number of benzene rings is 2. The van der Waals surface area contributed by atoms with E-state index in [1.165, 1.54) is 10.2 Å². The molecule has 2 aromatic carbocycles. The molecule has 7 nitrogen and oxygen atoms in total. The van der Waals surface area contributed by atoms with Crippen LogP contribution in [-0.4, -0.2) is 31.9 Å².